The average Bonchev–Trinajstić information content (AvgIpc) is 3.10. The molecule has 0 aromatic carbocycles. The molecule has 0 bridgehead atoms. The molecule has 7 nitrogen and oxygen atoms in total. The standard InChI is InChI=1S/C18H22N6OS2/c1-11-16(27-23(4)5)13(3)24(22-11)10-15(25)21-17-12(2)20-18(26-17)14-7-6-8-19-9-14/h6-9H,10H2,1-5H3,(H,21,25). The van der Waals surface area contributed by atoms with E-state index in [0.717, 1.165) is 37.5 Å². The van der Waals surface area contributed by atoms with Crippen molar-refractivity contribution < 1.29 is 4.79 Å². The second-order valence-electron chi connectivity index (χ2n) is 6.28. The maximum atomic E-state index is 12.6. The Balaban J connectivity index is 1.73. The number of aryl methyl sites for hydroxylation is 2. The molecule has 3 rings (SSSR count). The third-order valence-corrected chi connectivity index (χ3v) is 6.10. The maximum absolute atomic E-state index is 12.6. The molecule has 0 aliphatic carbocycles. The van der Waals surface area contributed by atoms with Crippen LogP contribution in [0.2, 0.25) is 0 Å². The maximum Gasteiger partial charge on any atom is 0.246 e. The lowest BCUT2D eigenvalue weighted by Crippen LogP contribution is -2.20. The van der Waals surface area contributed by atoms with Gasteiger partial charge in [-0.25, -0.2) is 4.98 Å². The number of carbonyl (C=O) groups excluding carboxylic acids is 1. The Labute approximate surface area is 167 Å². The lowest BCUT2D eigenvalue weighted by atomic mass is 10.3. The molecule has 0 atom stereocenters. The van der Waals surface area contributed by atoms with Crippen molar-refractivity contribution in [3.63, 3.8) is 0 Å². The molecule has 0 saturated carbocycles. The number of carbonyl (C=O) groups is 1. The van der Waals surface area contributed by atoms with Crippen LogP contribution in [0, 0.1) is 20.8 Å². The van der Waals surface area contributed by atoms with Crippen LogP contribution in [-0.4, -0.2) is 44.1 Å². The van der Waals surface area contributed by atoms with Crippen LogP contribution in [0.5, 0.6) is 0 Å². The molecule has 27 heavy (non-hydrogen) atoms. The van der Waals surface area contributed by atoms with Crippen LogP contribution in [-0.2, 0) is 11.3 Å². The van der Waals surface area contributed by atoms with Gasteiger partial charge in [0.15, 0.2) is 0 Å². The number of nitrogens with zero attached hydrogens (tertiary/aromatic N) is 5. The molecule has 3 aromatic heterocycles. The Bertz CT molecular complexity index is 948. The second-order valence-corrected chi connectivity index (χ2v) is 8.60. The SMILES string of the molecule is Cc1nc(-c2cccnc2)sc1NC(=O)Cn1nc(C)c(SN(C)C)c1C. The summed E-state index contributed by atoms with van der Waals surface area (Å²) in [7, 11) is 3.97. The van der Waals surface area contributed by atoms with Crippen molar-refractivity contribution in [2.45, 2.75) is 32.2 Å². The van der Waals surface area contributed by atoms with Crippen molar-refractivity contribution in [3.8, 4) is 10.6 Å². The van der Waals surface area contributed by atoms with E-state index in [0.29, 0.717) is 0 Å². The molecule has 0 fully saturated rings. The fraction of sp³-hybridized carbons (Fsp3) is 0.333. The fourth-order valence-corrected chi connectivity index (χ4v) is 4.32. The molecular weight excluding hydrogens is 380 g/mol. The van der Waals surface area contributed by atoms with Gasteiger partial charge in [0.1, 0.15) is 16.6 Å². The predicted molar refractivity (Wildman–Crippen MR) is 110 cm³/mol. The van der Waals surface area contributed by atoms with Crippen molar-refractivity contribution in [1.29, 1.82) is 0 Å². The molecule has 142 valence electrons. The van der Waals surface area contributed by atoms with Crippen molar-refractivity contribution in [3.05, 3.63) is 41.6 Å². The normalized spacial score (nSPS) is 11.2. The first-order chi connectivity index (χ1) is 12.8. The van der Waals surface area contributed by atoms with E-state index in [4.69, 9.17) is 0 Å². The first-order valence-corrected chi connectivity index (χ1v) is 10.0. The van der Waals surface area contributed by atoms with E-state index < -0.39 is 0 Å². The Hall–Kier alpha value is -2.23. The highest BCUT2D eigenvalue weighted by molar-refractivity contribution is 7.97. The van der Waals surface area contributed by atoms with Gasteiger partial charge in [-0.05, 0) is 58.9 Å². The summed E-state index contributed by atoms with van der Waals surface area (Å²) >= 11 is 3.06. The van der Waals surface area contributed by atoms with Crippen LogP contribution in [0.15, 0.2) is 29.4 Å². The van der Waals surface area contributed by atoms with Gasteiger partial charge in [-0.3, -0.25) is 18.8 Å². The van der Waals surface area contributed by atoms with Crippen LogP contribution in [0.3, 0.4) is 0 Å². The Kier molecular flexibility index (Phi) is 5.93. The monoisotopic (exact) mass is 402 g/mol. The minimum absolute atomic E-state index is 0.119. The lowest BCUT2D eigenvalue weighted by molar-refractivity contribution is -0.116. The Morgan fingerprint density at radius 1 is 1.30 bits per heavy atom. The van der Waals surface area contributed by atoms with Gasteiger partial charge in [0.05, 0.1) is 22.0 Å². The van der Waals surface area contributed by atoms with E-state index in [1.165, 1.54) is 11.3 Å². The molecule has 3 heterocycles. The minimum atomic E-state index is -0.119. The van der Waals surface area contributed by atoms with Gasteiger partial charge in [0.2, 0.25) is 5.91 Å². The number of amides is 1. The topological polar surface area (TPSA) is 75.9 Å². The quantitative estimate of drug-likeness (QED) is 0.636. The number of rotatable bonds is 6. The predicted octanol–water partition coefficient (Wildman–Crippen LogP) is 3.53. The smallest absolute Gasteiger partial charge is 0.246 e. The molecule has 0 aliphatic rings. The zero-order valence-electron chi connectivity index (χ0n) is 16.0. The highest BCUT2D eigenvalue weighted by atomic mass is 32.2. The summed E-state index contributed by atoms with van der Waals surface area (Å²) in [5.41, 5.74) is 3.64. The van der Waals surface area contributed by atoms with Gasteiger partial charge in [0, 0.05) is 18.0 Å². The summed E-state index contributed by atoms with van der Waals surface area (Å²) in [5, 5.41) is 9.06. The summed E-state index contributed by atoms with van der Waals surface area (Å²) in [5.74, 6) is -0.119. The Morgan fingerprint density at radius 2 is 2.07 bits per heavy atom. The summed E-state index contributed by atoms with van der Waals surface area (Å²) in [6.45, 7) is 6.00. The molecule has 0 aliphatic heterocycles. The Morgan fingerprint density at radius 3 is 2.74 bits per heavy atom. The summed E-state index contributed by atoms with van der Waals surface area (Å²) in [4.78, 5) is 22.3. The van der Waals surface area contributed by atoms with E-state index >= 15 is 0 Å². The highest BCUT2D eigenvalue weighted by Crippen LogP contribution is 2.31. The van der Waals surface area contributed by atoms with E-state index in [-0.39, 0.29) is 12.5 Å². The van der Waals surface area contributed by atoms with Gasteiger partial charge in [0.25, 0.3) is 0 Å². The number of hydrogen-bond acceptors (Lipinski definition) is 7. The molecule has 1 N–H and O–H groups in total. The molecular formula is C18H22N6OS2. The number of aromatic nitrogens is 4. The molecule has 0 spiro atoms. The number of pyridine rings is 1. The zero-order chi connectivity index (χ0) is 19.6. The van der Waals surface area contributed by atoms with Crippen LogP contribution in [0.25, 0.3) is 10.6 Å². The molecule has 1 amide bonds. The third-order valence-electron chi connectivity index (χ3n) is 3.84. The molecule has 9 heteroatoms. The first kappa shape index (κ1) is 19.5. The van der Waals surface area contributed by atoms with E-state index in [1.807, 2.05) is 51.3 Å². The summed E-state index contributed by atoms with van der Waals surface area (Å²) < 4.78 is 3.76. The lowest BCUT2D eigenvalue weighted by Gasteiger charge is -2.09. The second kappa shape index (κ2) is 8.20. The molecule has 0 unspecified atom stereocenters. The summed E-state index contributed by atoms with van der Waals surface area (Å²) in [6, 6.07) is 3.83. The van der Waals surface area contributed by atoms with Gasteiger partial charge >= 0.3 is 0 Å². The van der Waals surface area contributed by atoms with Gasteiger partial charge in [-0.15, -0.1) is 0 Å². The highest BCUT2D eigenvalue weighted by Gasteiger charge is 2.17. The van der Waals surface area contributed by atoms with Crippen molar-refractivity contribution in [2.24, 2.45) is 0 Å². The van der Waals surface area contributed by atoms with Crippen LogP contribution >= 0.6 is 23.3 Å². The van der Waals surface area contributed by atoms with Crippen LogP contribution in [0.4, 0.5) is 5.00 Å². The molecule has 0 radical (unpaired) electrons. The van der Waals surface area contributed by atoms with Crippen molar-refractivity contribution in [1.82, 2.24) is 24.1 Å². The zero-order valence-corrected chi connectivity index (χ0v) is 17.6. The number of hydrogen-bond donors (Lipinski definition) is 1. The first-order valence-electron chi connectivity index (χ1n) is 8.42. The minimum Gasteiger partial charge on any atom is -0.315 e. The van der Waals surface area contributed by atoms with Crippen LogP contribution < -0.4 is 5.32 Å². The molecule has 3 aromatic rings. The van der Waals surface area contributed by atoms with Gasteiger partial charge < -0.3 is 5.32 Å². The largest absolute Gasteiger partial charge is 0.315 e. The third kappa shape index (κ3) is 4.55. The van der Waals surface area contributed by atoms with Crippen molar-refractivity contribution in [2.75, 3.05) is 19.4 Å². The van der Waals surface area contributed by atoms with E-state index in [9.17, 15) is 4.79 Å². The number of nitrogens with one attached hydrogen (secondary N) is 1. The van der Waals surface area contributed by atoms with E-state index in [1.54, 1.807) is 29.0 Å². The average molecular weight is 403 g/mol. The van der Waals surface area contributed by atoms with Gasteiger partial charge in [-0.2, -0.15) is 5.10 Å². The number of anilines is 1. The number of thiazole rings is 1. The van der Waals surface area contributed by atoms with E-state index in [2.05, 4.69) is 20.4 Å². The fourth-order valence-electron chi connectivity index (χ4n) is 2.58. The van der Waals surface area contributed by atoms with Crippen molar-refractivity contribution >= 4 is 34.2 Å². The van der Waals surface area contributed by atoms with Crippen LogP contribution in [0.1, 0.15) is 17.1 Å². The molecule has 0 saturated heterocycles. The summed E-state index contributed by atoms with van der Waals surface area (Å²) in [6.07, 6.45) is 3.49. The van der Waals surface area contributed by atoms with Gasteiger partial charge in [-0.1, -0.05) is 11.3 Å².